The lowest BCUT2D eigenvalue weighted by Gasteiger charge is -2.33. The Morgan fingerprint density at radius 2 is 1.75 bits per heavy atom. The van der Waals surface area contributed by atoms with Gasteiger partial charge < -0.3 is 10.5 Å². The highest BCUT2D eigenvalue weighted by Crippen LogP contribution is 2.29. The molecule has 2 N–H and O–H groups in total. The maximum Gasteiger partial charge on any atom is 0.0991 e. The van der Waals surface area contributed by atoms with Crippen molar-refractivity contribution in [3.05, 3.63) is 35.4 Å². The van der Waals surface area contributed by atoms with Gasteiger partial charge in [-0.05, 0) is 30.5 Å². The summed E-state index contributed by atoms with van der Waals surface area (Å²) in [4.78, 5) is 0. The van der Waals surface area contributed by atoms with E-state index >= 15 is 0 Å². The number of hydrogen-bond donors (Lipinski definition) is 1. The predicted molar refractivity (Wildman–Crippen MR) is 64.3 cm³/mol. The third-order valence-electron chi connectivity index (χ3n) is 2.97. The molecule has 0 saturated carbocycles. The average molecular weight is 239 g/mol. The van der Waals surface area contributed by atoms with E-state index in [0.717, 1.165) is 31.6 Å². The maximum atomic E-state index is 8.70. The molecule has 0 spiro atoms. The van der Waals surface area contributed by atoms with Crippen molar-refractivity contribution in [2.45, 2.75) is 18.4 Å². The van der Waals surface area contributed by atoms with Gasteiger partial charge in [-0.3, -0.25) is 0 Å². The van der Waals surface area contributed by atoms with Crippen LogP contribution in [0.2, 0.25) is 0 Å². The van der Waals surface area contributed by atoms with Crippen LogP contribution in [0.15, 0.2) is 24.3 Å². The molecule has 0 aliphatic carbocycles. The zero-order chi connectivity index (χ0) is 10.7. The molecule has 4 heteroatoms. The Labute approximate surface area is 102 Å². The minimum Gasteiger partial charge on any atom is -0.381 e. The first-order chi connectivity index (χ1) is 7.24. The van der Waals surface area contributed by atoms with E-state index in [9.17, 15) is 0 Å². The van der Waals surface area contributed by atoms with Gasteiger partial charge in [-0.2, -0.15) is 5.26 Å². The number of nitrogens with zero attached hydrogens (tertiary/aromatic N) is 1. The Morgan fingerprint density at radius 3 is 2.25 bits per heavy atom. The Balaban J connectivity index is 0.00000128. The van der Waals surface area contributed by atoms with E-state index in [2.05, 4.69) is 6.07 Å². The summed E-state index contributed by atoms with van der Waals surface area (Å²) in [5.41, 5.74) is 7.81. The Kier molecular flexibility index (Phi) is 4.31. The molecule has 0 bridgehead atoms. The molecule has 1 aromatic rings. The Bertz CT molecular complexity index is 377. The van der Waals surface area contributed by atoms with Gasteiger partial charge in [0.15, 0.2) is 0 Å². The van der Waals surface area contributed by atoms with Gasteiger partial charge in [-0.1, -0.05) is 12.1 Å². The van der Waals surface area contributed by atoms with Crippen LogP contribution in [0.4, 0.5) is 0 Å². The lowest BCUT2D eigenvalue weighted by molar-refractivity contribution is 0.0522. The largest absolute Gasteiger partial charge is 0.381 e. The van der Waals surface area contributed by atoms with Crippen LogP contribution in [0, 0.1) is 11.3 Å². The first-order valence-electron chi connectivity index (χ1n) is 5.12. The first-order valence-corrected chi connectivity index (χ1v) is 5.12. The van der Waals surface area contributed by atoms with Gasteiger partial charge in [-0.25, -0.2) is 0 Å². The lowest BCUT2D eigenvalue weighted by Crippen LogP contribution is -2.42. The highest BCUT2D eigenvalue weighted by atomic mass is 35.5. The molecular formula is C12H15ClN2O. The van der Waals surface area contributed by atoms with Crippen LogP contribution < -0.4 is 5.73 Å². The summed E-state index contributed by atoms with van der Waals surface area (Å²) in [6.45, 7) is 1.44. The second-order valence-electron chi connectivity index (χ2n) is 3.96. The van der Waals surface area contributed by atoms with E-state index < -0.39 is 0 Å². The maximum absolute atomic E-state index is 8.70. The van der Waals surface area contributed by atoms with Gasteiger partial charge >= 0.3 is 0 Å². The highest BCUT2D eigenvalue weighted by molar-refractivity contribution is 5.85. The molecule has 86 valence electrons. The van der Waals surface area contributed by atoms with Crippen molar-refractivity contribution in [3.63, 3.8) is 0 Å². The summed E-state index contributed by atoms with van der Waals surface area (Å²) < 4.78 is 5.30. The van der Waals surface area contributed by atoms with Crippen molar-refractivity contribution in [1.29, 1.82) is 5.26 Å². The standard InChI is InChI=1S/C12H14N2O.ClH/c13-9-10-1-3-11(4-2-10)12(14)5-7-15-8-6-12;/h1-4H,5-8,14H2;1H. The number of nitriles is 1. The lowest BCUT2D eigenvalue weighted by atomic mass is 9.83. The van der Waals surface area contributed by atoms with E-state index in [1.54, 1.807) is 0 Å². The third kappa shape index (κ3) is 2.53. The van der Waals surface area contributed by atoms with Gasteiger partial charge in [-0.15, -0.1) is 12.4 Å². The summed E-state index contributed by atoms with van der Waals surface area (Å²) in [5.74, 6) is 0. The van der Waals surface area contributed by atoms with Crippen molar-refractivity contribution >= 4 is 12.4 Å². The van der Waals surface area contributed by atoms with Gasteiger partial charge in [0.1, 0.15) is 0 Å². The summed E-state index contributed by atoms with van der Waals surface area (Å²) >= 11 is 0. The fourth-order valence-electron chi connectivity index (χ4n) is 1.90. The molecule has 0 aromatic heterocycles. The fraction of sp³-hybridized carbons (Fsp3) is 0.417. The Hall–Kier alpha value is -1.08. The van der Waals surface area contributed by atoms with Gasteiger partial charge in [0, 0.05) is 18.8 Å². The normalized spacial score (nSPS) is 18.2. The summed E-state index contributed by atoms with van der Waals surface area (Å²) in [5, 5.41) is 8.70. The average Bonchev–Trinajstić information content (AvgIpc) is 2.30. The van der Waals surface area contributed by atoms with Gasteiger partial charge in [0.25, 0.3) is 0 Å². The Morgan fingerprint density at radius 1 is 1.19 bits per heavy atom. The predicted octanol–water partition coefficient (Wildman–Crippen LogP) is 1.94. The first kappa shape index (κ1) is 13.0. The van der Waals surface area contributed by atoms with Crippen LogP contribution in [-0.4, -0.2) is 13.2 Å². The molecule has 1 heterocycles. The van der Waals surface area contributed by atoms with Gasteiger partial charge in [0.05, 0.1) is 11.6 Å². The van der Waals surface area contributed by atoms with E-state index in [-0.39, 0.29) is 17.9 Å². The van der Waals surface area contributed by atoms with Crippen molar-refractivity contribution < 1.29 is 4.74 Å². The van der Waals surface area contributed by atoms with E-state index in [0.29, 0.717) is 5.56 Å². The number of rotatable bonds is 1. The van der Waals surface area contributed by atoms with E-state index in [1.165, 1.54) is 0 Å². The second kappa shape index (κ2) is 5.31. The molecule has 1 aromatic carbocycles. The monoisotopic (exact) mass is 238 g/mol. The molecule has 0 amide bonds. The smallest absolute Gasteiger partial charge is 0.0991 e. The molecule has 0 atom stereocenters. The zero-order valence-electron chi connectivity index (χ0n) is 8.98. The number of nitrogens with two attached hydrogens (primary N) is 1. The highest BCUT2D eigenvalue weighted by Gasteiger charge is 2.29. The van der Waals surface area contributed by atoms with Crippen LogP contribution in [0.1, 0.15) is 24.0 Å². The number of hydrogen-bond acceptors (Lipinski definition) is 3. The van der Waals surface area contributed by atoms with E-state index in [1.807, 2.05) is 24.3 Å². The molecule has 0 radical (unpaired) electrons. The molecule has 1 fully saturated rings. The van der Waals surface area contributed by atoms with Crippen LogP contribution >= 0.6 is 12.4 Å². The molecule has 1 saturated heterocycles. The van der Waals surface area contributed by atoms with Crippen LogP contribution in [0.25, 0.3) is 0 Å². The third-order valence-corrected chi connectivity index (χ3v) is 2.97. The SMILES string of the molecule is Cl.N#Cc1ccc(C2(N)CCOCC2)cc1. The number of halogens is 1. The van der Waals surface area contributed by atoms with Crippen molar-refractivity contribution in [3.8, 4) is 6.07 Å². The van der Waals surface area contributed by atoms with Crippen LogP contribution in [0.3, 0.4) is 0 Å². The summed E-state index contributed by atoms with van der Waals surface area (Å²) in [7, 11) is 0. The fourth-order valence-corrected chi connectivity index (χ4v) is 1.90. The number of benzene rings is 1. The zero-order valence-corrected chi connectivity index (χ0v) is 9.80. The summed E-state index contributed by atoms with van der Waals surface area (Å²) in [6.07, 6.45) is 1.69. The molecule has 0 unspecified atom stereocenters. The van der Waals surface area contributed by atoms with Crippen molar-refractivity contribution in [1.82, 2.24) is 0 Å². The van der Waals surface area contributed by atoms with E-state index in [4.69, 9.17) is 15.7 Å². The van der Waals surface area contributed by atoms with Crippen LogP contribution in [0.5, 0.6) is 0 Å². The molecule has 3 nitrogen and oxygen atoms in total. The van der Waals surface area contributed by atoms with Crippen LogP contribution in [-0.2, 0) is 10.3 Å². The minimum absolute atomic E-state index is 0. The molecule has 2 rings (SSSR count). The van der Waals surface area contributed by atoms with Crippen molar-refractivity contribution in [2.24, 2.45) is 5.73 Å². The molecule has 16 heavy (non-hydrogen) atoms. The topological polar surface area (TPSA) is 59.0 Å². The van der Waals surface area contributed by atoms with Gasteiger partial charge in [0.2, 0.25) is 0 Å². The quantitative estimate of drug-likeness (QED) is 0.814. The molecule has 1 aliphatic rings. The second-order valence-corrected chi connectivity index (χ2v) is 3.96. The number of ether oxygens (including phenoxy) is 1. The molecular weight excluding hydrogens is 224 g/mol. The van der Waals surface area contributed by atoms with Crippen molar-refractivity contribution in [2.75, 3.05) is 13.2 Å². The summed E-state index contributed by atoms with van der Waals surface area (Å²) in [6, 6.07) is 9.64. The minimum atomic E-state index is -0.272. The molecule has 1 aliphatic heterocycles.